The smallest absolute Gasteiger partial charge is 0.313 e. The maximum Gasteiger partial charge on any atom is 0.313 e. The van der Waals surface area contributed by atoms with Crippen LogP contribution in [0, 0.1) is 15.9 Å². The minimum Gasteiger partial charge on any atom is -0.490 e. The molecule has 0 atom stereocenters. The van der Waals surface area contributed by atoms with Crippen LogP contribution in [0.15, 0.2) is 17.0 Å². The third-order valence-electron chi connectivity index (χ3n) is 1.74. The summed E-state index contributed by atoms with van der Waals surface area (Å²) in [5.74, 6) is -1.68. The molecule has 0 radical (unpaired) electrons. The van der Waals surface area contributed by atoms with E-state index in [4.69, 9.17) is 5.14 Å². The lowest BCUT2D eigenvalue weighted by molar-refractivity contribution is -0.386. The van der Waals surface area contributed by atoms with Crippen molar-refractivity contribution >= 4 is 15.7 Å². The van der Waals surface area contributed by atoms with Gasteiger partial charge in [-0.1, -0.05) is 0 Å². The second-order valence-corrected chi connectivity index (χ2v) is 4.29. The Balaban J connectivity index is 3.56. The van der Waals surface area contributed by atoms with Crippen LogP contribution in [0.5, 0.6) is 5.75 Å². The number of nitro groups is 1. The monoisotopic (exact) mass is 250 g/mol. The molecular weight excluding hydrogens is 243 g/mol. The van der Waals surface area contributed by atoms with Gasteiger partial charge in [-0.05, 0) is 0 Å². The Hall–Kier alpha value is -1.74. The van der Waals surface area contributed by atoms with E-state index in [-0.39, 0.29) is 5.75 Å². The number of sulfonamides is 1. The van der Waals surface area contributed by atoms with E-state index in [2.05, 4.69) is 4.74 Å². The molecule has 0 aliphatic carbocycles. The summed E-state index contributed by atoms with van der Waals surface area (Å²) in [7, 11) is -3.20. The number of nitrogens with two attached hydrogens (primary N) is 1. The second-order valence-electron chi connectivity index (χ2n) is 2.76. The summed E-state index contributed by atoms with van der Waals surface area (Å²) in [5, 5.41) is 15.2. The summed E-state index contributed by atoms with van der Waals surface area (Å²) in [4.78, 5) is 8.73. The number of halogens is 1. The van der Waals surface area contributed by atoms with Crippen molar-refractivity contribution in [3.8, 4) is 5.75 Å². The summed E-state index contributed by atoms with van der Waals surface area (Å²) < 4.78 is 39.6. The van der Waals surface area contributed by atoms with E-state index < -0.39 is 31.3 Å². The standard InChI is InChI=1S/C7H7FN2O5S/c1-15-6-3-7(16(9,13)14)4(8)2-5(6)10(11)12/h2-3H,1H3,(H2,9,13,14). The number of benzene rings is 1. The largest absolute Gasteiger partial charge is 0.490 e. The van der Waals surface area contributed by atoms with E-state index >= 15 is 0 Å². The number of nitro benzene ring substituents is 1. The topological polar surface area (TPSA) is 113 Å². The Bertz CT molecular complexity index is 542. The Morgan fingerprint density at radius 1 is 1.50 bits per heavy atom. The predicted molar refractivity (Wildman–Crippen MR) is 51.0 cm³/mol. The van der Waals surface area contributed by atoms with Crippen molar-refractivity contribution in [2.45, 2.75) is 4.90 Å². The van der Waals surface area contributed by atoms with E-state index in [0.29, 0.717) is 12.1 Å². The molecule has 1 rings (SSSR count). The van der Waals surface area contributed by atoms with Crippen LogP contribution < -0.4 is 9.88 Å². The minimum absolute atomic E-state index is 0.379. The van der Waals surface area contributed by atoms with Crippen LogP contribution in [0.2, 0.25) is 0 Å². The summed E-state index contributed by atoms with van der Waals surface area (Å²) in [6.45, 7) is 0. The molecule has 0 bridgehead atoms. The quantitative estimate of drug-likeness (QED) is 0.615. The molecule has 0 amide bonds. The van der Waals surface area contributed by atoms with Gasteiger partial charge in [-0.3, -0.25) is 10.1 Å². The number of hydrogen-bond acceptors (Lipinski definition) is 5. The highest BCUT2D eigenvalue weighted by atomic mass is 32.2. The van der Waals surface area contributed by atoms with E-state index in [1.54, 1.807) is 0 Å². The Morgan fingerprint density at radius 3 is 2.44 bits per heavy atom. The molecule has 16 heavy (non-hydrogen) atoms. The van der Waals surface area contributed by atoms with Gasteiger partial charge in [-0.15, -0.1) is 0 Å². The highest BCUT2D eigenvalue weighted by molar-refractivity contribution is 7.89. The summed E-state index contributed by atoms with van der Waals surface area (Å²) in [5.41, 5.74) is -0.674. The van der Waals surface area contributed by atoms with Gasteiger partial charge in [0.2, 0.25) is 10.0 Å². The number of hydrogen-bond donors (Lipinski definition) is 1. The lowest BCUT2D eigenvalue weighted by Crippen LogP contribution is -2.14. The molecule has 0 fully saturated rings. The van der Waals surface area contributed by atoms with Crippen molar-refractivity contribution in [1.82, 2.24) is 0 Å². The van der Waals surface area contributed by atoms with Gasteiger partial charge in [-0.2, -0.15) is 0 Å². The number of primary sulfonamides is 1. The van der Waals surface area contributed by atoms with Gasteiger partial charge < -0.3 is 4.74 Å². The van der Waals surface area contributed by atoms with Crippen molar-refractivity contribution in [3.63, 3.8) is 0 Å². The first kappa shape index (κ1) is 12.3. The van der Waals surface area contributed by atoms with E-state index in [9.17, 15) is 22.9 Å². The number of nitrogens with zero attached hydrogens (tertiary/aromatic N) is 1. The number of ether oxygens (including phenoxy) is 1. The van der Waals surface area contributed by atoms with Gasteiger partial charge in [0, 0.05) is 6.07 Å². The molecule has 88 valence electrons. The molecule has 1 aromatic carbocycles. The molecule has 7 nitrogen and oxygen atoms in total. The Morgan fingerprint density at radius 2 is 2.06 bits per heavy atom. The SMILES string of the molecule is COc1cc(S(N)(=O)=O)c(F)cc1[N+](=O)[O-]. The average molecular weight is 250 g/mol. The molecule has 0 spiro atoms. The lowest BCUT2D eigenvalue weighted by atomic mass is 10.3. The van der Waals surface area contributed by atoms with Gasteiger partial charge in [0.05, 0.1) is 18.1 Å². The summed E-state index contributed by atoms with van der Waals surface area (Å²) >= 11 is 0. The van der Waals surface area contributed by atoms with Crippen LogP contribution in [-0.2, 0) is 10.0 Å². The molecule has 0 unspecified atom stereocenters. The van der Waals surface area contributed by atoms with Crippen LogP contribution >= 0.6 is 0 Å². The molecule has 0 aromatic heterocycles. The van der Waals surface area contributed by atoms with Crippen molar-refractivity contribution in [3.05, 3.63) is 28.1 Å². The van der Waals surface area contributed by atoms with Crippen LogP contribution in [0.25, 0.3) is 0 Å². The Labute approximate surface area is 89.8 Å². The van der Waals surface area contributed by atoms with Gasteiger partial charge in [0.1, 0.15) is 10.7 Å². The maximum atomic E-state index is 13.2. The van der Waals surface area contributed by atoms with Crippen molar-refractivity contribution < 1.29 is 22.5 Å². The number of rotatable bonds is 3. The molecule has 0 saturated heterocycles. The highest BCUT2D eigenvalue weighted by Crippen LogP contribution is 2.31. The van der Waals surface area contributed by atoms with E-state index in [1.807, 2.05) is 0 Å². The molecule has 0 heterocycles. The second kappa shape index (κ2) is 4.02. The van der Waals surface area contributed by atoms with Crippen LogP contribution in [0.4, 0.5) is 10.1 Å². The molecular formula is C7H7FN2O5S. The van der Waals surface area contributed by atoms with Gasteiger partial charge >= 0.3 is 5.69 Å². The summed E-state index contributed by atoms with van der Waals surface area (Å²) in [6.07, 6.45) is 0. The van der Waals surface area contributed by atoms with E-state index in [1.165, 1.54) is 0 Å². The molecule has 2 N–H and O–H groups in total. The van der Waals surface area contributed by atoms with Crippen LogP contribution in [-0.4, -0.2) is 20.5 Å². The van der Waals surface area contributed by atoms with Gasteiger partial charge in [0.15, 0.2) is 5.75 Å². The number of methoxy groups -OCH3 is 1. The molecule has 0 aliphatic rings. The average Bonchev–Trinajstić information content (AvgIpc) is 2.15. The van der Waals surface area contributed by atoms with Crippen molar-refractivity contribution in [1.29, 1.82) is 0 Å². The lowest BCUT2D eigenvalue weighted by Gasteiger charge is -2.05. The van der Waals surface area contributed by atoms with E-state index in [0.717, 1.165) is 7.11 Å². The van der Waals surface area contributed by atoms with Crippen LogP contribution in [0.1, 0.15) is 0 Å². The Kier molecular flexibility index (Phi) is 3.10. The van der Waals surface area contributed by atoms with Crippen molar-refractivity contribution in [2.24, 2.45) is 5.14 Å². The molecule has 0 saturated carbocycles. The predicted octanol–water partition coefficient (Wildman–Crippen LogP) is 0.390. The maximum absolute atomic E-state index is 13.2. The molecule has 0 aliphatic heterocycles. The van der Waals surface area contributed by atoms with Gasteiger partial charge in [-0.25, -0.2) is 17.9 Å². The first-order chi connectivity index (χ1) is 7.27. The molecule has 1 aromatic rings. The first-order valence-corrected chi connectivity index (χ1v) is 5.36. The third-order valence-corrected chi connectivity index (χ3v) is 2.66. The normalized spacial score (nSPS) is 11.2. The zero-order chi connectivity index (χ0) is 12.5. The fourth-order valence-corrected chi connectivity index (χ4v) is 1.65. The first-order valence-electron chi connectivity index (χ1n) is 3.82. The fraction of sp³-hybridized carbons (Fsp3) is 0.143. The summed E-state index contributed by atoms with van der Waals surface area (Å²) in [6, 6.07) is 1.11. The third kappa shape index (κ3) is 2.25. The van der Waals surface area contributed by atoms with Gasteiger partial charge in [0.25, 0.3) is 0 Å². The van der Waals surface area contributed by atoms with Crippen molar-refractivity contribution in [2.75, 3.05) is 7.11 Å². The van der Waals surface area contributed by atoms with Crippen LogP contribution in [0.3, 0.4) is 0 Å². The fourth-order valence-electron chi connectivity index (χ4n) is 1.05. The highest BCUT2D eigenvalue weighted by Gasteiger charge is 2.23. The molecule has 9 heteroatoms. The minimum atomic E-state index is -4.29. The zero-order valence-corrected chi connectivity index (χ0v) is 8.82. The zero-order valence-electron chi connectivity index (χ0n) is 8.01.